The van der Waals surface area contributed by atoms with Gasteiger partial charge in [0, 0.05) is 36.8 Å². The Kier molecular flexibility index (Phi) is 6.77. The van der Waals surface area contributed by atoms with Crippen LogP contribution in [0.3, 0.4) is 0 Å². The number of sulfonamides is 1. The second kappa shape index (κ2) is 9.69. The lowest BCUT2D eigenvalue weighted by Crippen LogP contribution is -2.31. The van der Waals surface area contributed by atoms with Gasteiger partial charge in [0.1, 0.15) is 0 Å². The van der Waals surface area contributed by atoms with E-state index in [0.717, 1.165) is 18.4 Å². The lowest BCUT2D eigenvalue weighted by Gasteiger charge is -2.11. The summed E-state index contributed by atoms with van der Waals surface area (Å²) in [5, 5.41) is 1.87. The molecule has 1 aromatic heterocycles. The van der Waals surface area contributed by atoms with Crippen LogP contribution in [0.1, 0.15) is 28.8 Å². The van der Waals surface area contributed by atoms with Crippen molar-refractivity contribution in [2.75, 3.05) is 13.2 Å². The van der Waals surface area contributed by atoms with Crippen LogP contribution in [0.4, 0.5) is 0 Å². The van der Waals surface area contributed by atoms with Gasteiger partial charge in [0.15, 0.2) is 4.80 Å². The first-order valence-electron chi connectivity index (χ1n) is 9.99. The molecule has 31 heavy (non-hydrogen) atoms. The number of nitrogens with one attached hydrogen (secondary N) is 1. The van der Waals surface area contributed by atoms with E-state index in [1.807, 2.05) is 46.5 Å². The Hall–Kier alpha value is -2.59. The molecule has 1 aliphatic rings. The van der Waals surface area contributed by atoms with Crippen LogP contribution in [-0.4, -0.2) is 38.1 Å². The van der Waals surface area contributed by atoms with E-state index < -0.39 is 15.9 Å². The number of benzene rings is 2. The fourth-order valence-electron chi connectivity index (χ4n) is 3.33. The number of rotatable bonds is 7. The van der Waals surface area contributed by atoms with Crippen molar-refractivity contribution in [3.63, 3.8) is 0 Å². The Bertz CT molecular complexity index is 1210. The molecule has 2 aromatic carbocycles. The molecular weight excluding hydrogens is 434 g/mol. The third-order valence-corrected chi connectivity index (χ3v) is 7.18. The van der Waals surface area contributed by atoms with Gasteiger partial charge in [-0.15, -0.1) is 11.3 Å². The number of carbonyl (C=O) groups excluding carboxylic acids is 1. The summed E-state index contributed by atoms with van der Waals surface area (Å²) in [7, 11) is -3.74. The van der Waals surface area contributed by atoms with Gasteiger partial charge in [-0.25, -0.2) is 13.1 Å². The number of hydrogen-bond donors (Lipinski definition) is 1. The van der Waals surface area contributed by atoms with Gasteiger partial charge in [0.25, 0.3) is 5.91 Å². The molecule has 0 radical (unpaired) electrons. The molecule has 3 aromatic rings. The molecule has 1 saturated heterocycles. The number of ether oxygens (including phenoxy) is 1. The average molecular weight is 458 g/mol. The monoisotopic (exact) mass is 457 g/mol. The standard InChI is InChI=1S/C22H23N3O4S2/c26-21(24-22-25(11-13-30-22)16-17-6-2-1-3-7-17)18-8-4-10-20(14-18)31(27,28)23-15-19-9-5-12-29-19/h1-4,6-8,10-11,13-14,19,23H,5,9,12,15-16H2. The number of hydrogen-bond acceptors (Lipinski definition) is 5. The predicted molar refractivity (Wildman–Crippen MR) is 118 cm³/mol. The molecule has 0 aliphatic carbocycles. The van der Waals surface area contributed by atoms with Crippen LogP contribution in [0.2, 0.25) is 0 Å². The molecule has 1 fully saturated rings. The number of thiazole rings is 1. The molecule has 1 aliphatic heterocycles. The van der Waals surface area contributed by atoms with Crippen molar-refractivity contribution in [3.05, 3.63) is 82.1 Å². The smallest absolute Gasteiger partial charge is 0.279 e. The summed E-state index contributed by atoms with van der Waals surface area (Å²) < 4.78 is 35.2. The molecule has 162 valence electrons. The van der Waals surface area contributed by atoms with Crippen LogP contribution in [0, 0.1) is 0 Å². The molecule has 7 nitrogen and oxygen atoms in total. The molecule has 2 heterocycles. The van der Waals surface area contributed by atoms with Crippen molar-refractivity contribution in [1.29, 1.82) is 0 Å². The van der Waals surface area contributed by atoms with E-state index in [2.05, 4.69) is 9.71 Å². The molecule has 1 amide bonds. The molecule has 0 saturated carbocycles. The third kappa shape index (κ3) is 5.56. The van der Waals surface area contributed by atoms with Crippen molar-refractivity contribution in [2.45, 2.75) is 30.4 Å². The number of aromatic nitrogens is 1. The summed E-state index contributed by atoms with van der Waals surface area (Å²) in [6, 6.07) is 15.8. The topological polar surface area (TPSA) is 89.8 Å². The molecule has 1 atom stereocenters. The van der Waals surface area contributed by atoms with E-state index >= 15 is 0 Å². The number of amides is 1. The Morgan fingerprint density at radius 2 is 2.03 bits per heavy atom. The van der Waals surface area contributed by atoms with Crippen LogP contribution in [0.25, 0.3) is 0 Å². The van der Waals surface area contributed by atoms with Crippen molar-refractivity contribution in [3.8, 4) is 0 Å². The summed E-state index contributed by atoms with van der Waals surface area (Å²) in [5.74, 6) is -0.486. The minimum absolute atomic E-state index is 0.0369. The van der Waals surface area contributed by atoms with Crippen LogP contribution in [0.15, 0.2) is 76.1 Å². The van der Waals surface area contributed by atoms with E-state index in [1.54, 1.807) is 12.1 Å². The van der Waals surface area contributed by atoms with Gasteiger partial charge in [-0.1, -0.05) is 36.4 Å². The molecule has 0 bridgehead atoms. The Labute approximate surface area is 185 Å². The van der Waals surface area contributed by atoms with Gasteiger partial charge in [-0.2, -0.15) is 4.99 Å². The van der Waals surface area contributed by atoms with Gasteiger partial charge >= 0.3 is 0 Å². The van der Waals surface area contributed by atoms with E-state index in [1.165, 1.54) is 23.5 Å². The fraction of sp³-hybridized carbons (Fsp3) is 0.273. The van der Waals surface area contributed by atoms with Crippen LogP contribution >= 0.6 is 11.3 Å². The van der Waals surface area contributed by atoms with Crippen LogP contribution in [-0.2, 0) is 21.3 Å². The van der Waals surface area contributed by atoms with E-state index in [4.69, 9.17) is 4.74 Å². The SMILES string of the molecule is O=C(N=c1sccn1Cc1ccccc1)c1cccc(S(=O)(=O)NCC2CCCO2)c1. The van der Waals surface area contributed by atoms with E-state index in [-0.39, 0.29) is 23.1 Å². The summed E-state index contributed by atoms with van der Waals surface area (Å²) >= 11 is 1.35. The highest BCUT2D eigenvalue weighted by molar-refractivity contribution is 7.89. The lowest BCUT2D eigenvalue weighted by atomic mass is 10.2. The summed E-state index contributed by atoms with van der Waals surface area (Å²) in [4.78, 5) is 17.6. The van der Waals surface area contributed by atoms with Crippen molar-refractivity contribution < 1.29 is 17.9 Å². The minimum atomic E-state index is -3.74. The highest BCUT2D eigenvalue weighted by Gasteiger charge is 2.21. The Morgan fingerprint density at radius 1 is 1.19 bits per heavy atom. The lowest BCUT2D eigenvalue weighted by molar-refractivity contribution is 0.0997. The van der Waals surface area contributed by atoms with E-state index in [0.29, 0.717) is 18.0 Å². The molecule has 1 unspecified atom stereocenters. The minimum Gasteiger partial charge on any atom is -0.377 e. The largest absolute Gasteiger partial charge is 0.377 e. The number of carbonyl (C=O) groups is 1. The maximum atomic E-state index is 12.8. The third-order valence-electron chi connectivity index (χ3n) is 4.97. The molecule has 4 rings (SSSR count). The quantitative estimate of drug-likeness (QED) is 0.591. The summed E-state index contributed by atoms with van der Waals surface area (Å²) in [6.07, 6.45) is 3.54. The molecule has 9 heteroatoms. The van der Waals surface area contributed by atoms with E-state index in [9.17, 15) is 13.2 Å². The fourth-order valence-corrected chi connectivity index (χ4v) is 5.16. The highest BCUT2D eigenvalue weighted by atomic mass is 32.2. The van der Waals surface area contributed by atoms with Crippen molar-refractivity contribution in [1.82, 2.24) is 9.29 Å². The molecule has 0 spiro atoms. The Morgan fingerprint density at radius 3 is 2.81 bits per heavy atom. The maximum Gasteiger partial charge on any atom is 0.279 e. The maximum absolute atomic E-state index is 12.8. The molecule has 1 N–H and O–H groups in total. The second-order valence-corrected chi connectivity index (χ2v) is 9.87. The number of nitrogens with zero attached hydrogens (tertiary/aromatic N) is 2. The first kappa shape index (κ1) is 21.6. The zero-order valence-electron chi connectivity index (χ0n) is 16.8. The summed E-state index contributed by atoms with van der Waals surface area (Å²) in [5.41, 5.74) is 1.32. The zero-order valence-corrected chi connectivity index (χ0v) is 18.4. The normalized spacial score (nSPS) is 17.2. The molecular formula is C22H23N3O4S2. The van der Waals surface area contributed by atoms with Gasteiger partial charge in [0.2, 0.25) is 10.0 Å². The average Bonchev–Trinajstić information content (AvgIpc) is 3.46. The van der Waals surface area contributed by atoms with Gasteiger partial charge in [0.05, 0.1) is 11.0 Å². The van der Waals surface area contributed by atoms with Crippen LogP contribution in [0.5, 0.6) is 0 Å². The van der Waals surface area contributed by atoms with Crippen LogP contribution < -0.4 is 9.52 Å². The second-order valence-electron chi connectivity index (χ2n) is 7.23. The predicted octanol–water partition coefficient (Wildman–Crippen LogP) is 2.80. The summed E-state index contributed by atoms with van der Waals surface area (Å²) in [6.45, 7) is 1.47. The first-order valence-corrected chi connectivity index (χ1v) is 12.4. The van der Waals surface area contributed by atoms with Crippen molar-refractivity contribution >= 4 is 27.3 Å². The van der Waals surface area contributed by atoms with Gasteiger partial charge < -0.3 is 9.30 Å². The van der Waals surface area contributed by atoms with Gasteiger partial charge in [-0.05, 0) is 36.6 Å². The highest BCUT2D eigenvalue weighted by Crippen LogP contribution is 2.15. The Balaban J connectivity index is 1.52. The zero-order chi connectivity index (χ0) is 21.7. The van der Waals surface area contributed by atoms with Crippen molar-refractivity contribution in [2.24, 2.45) is 4.99 Å². The first-order chi connectivity index (χ1) is 15.0. The van der Waals surface area contributed by atoms with Gasteiger partial charge in [-0.3, -0.25) is 4.79 Å².